The van der Waals surface area contributed by atoms with Crippen LogP contribution in [0.25, 0.3) is 6.08 Å². The van der Waals surface area contributed by atoms with Crippen LogP contribution in [0.15, 0.2) is 54.6 Å². The van der Waals surface area contributed by atoms with Crippen LogP contribution in [0.2, 0.25) is 0 Å². The van der Waals surface area contributed by atoms with Crippen LogP contribution in [0.4, 0.5) is 0 Å². The van der Waals surface area contributed by atoms with Crippen molar-refractivity contribution in [2.24, 2.45) is 0 Å². The minimum atomic E-state index is -0.962. The Kier molecular flexibility index (Phi) is 10.4. The van der Waals surface area contributed by atoms with Gasteiger partial charge in [0.15, 0.2) is 0 Å². The molecule has 0 aliphatic rings. The summed E-state index contributed by atoms with van der Waals surface area (Å²) in [4.78, 5) is 10.6. The number of hydrogen-bond acceptors (Lipinski definition) is 3. The van der Waals surface area contributed by atoms with Gasteiger partial charge in [-0.25, -0.2) is 4.79 Å². The Hall–Kier alpha value is -0.860. The van der Waals surface area contributed by atoms with Crippen LogP contribution in [0.5, 0.6) is 5.75 Å². The fourth-order valence-corrected chi connectivity index (χ4v) is 2.36. The topological polar surface area (TPSA) is 76.5 Å². The van der Waals surface area contributed by atoms with E-state index in [0.29, 0.717) is 6.61 Å². The van der Waals surface area contributed by atoms with Gasteiger partial charge in [-0.1, -0.05) is 42.5 Å². The summed E-state index contributed by atoms with van der Waals surface area (Å²) >= 11 is 2.16. The average Bonchev–Trinajstić information content (AvgIpc) is 2.46. The summed E-state index contributed by atoms with van der Waals surface area (Å²) in [5.41, 5.74) is 1.92. The van der Waals surface area contributed by atoms with Crippen molar-refractivity contribution in [2.45, 2.75) is 6.61 Å². The molecule has 0 aliphatic heterocycles. The van der Waals surface area contributed by atoms with E-state index >= 15 is 0 Å². The van der Waals surface area contributed by atoms with Crippen LogP contribution >= 0.6 is 22.6 Å². The van der Waals surface area contributed by atoms with Crippen molar-refractivity contribution in [3.8, 4) is 5.75 Å². The molecule has 0 bridgehead atoms. The number of carbonyl (C=O) groups is 1. The van der Waals surface area contributed by atoms with Gasteiger partial charge in [-0.3, -0.25) is 0 Å². The maximum atomic E-state index is 10.6. The Morgan fingerprint density at radius 3 is 2.45 bits per heavy atom. The molecule has 0 fully saturated rings. The SMILES string of the molecule is O=C(O)/C=C/c1cccc(OCc2ccccc2)c1I.[Na+].[OH-]. The zero-order chi connectivity index (χ0) is 14.4. The van der Waals surface area contributed by atoms with E-state index in [9.17, 15) is 4.79 Å². The monoisotopic (exact) mass is 420 g/mol. The second kappa shape index (κ2) is 10.8. The zero-order valence-corrected chi connectivity index (χ0v) is 16.2. The molecule has 2 rings (SSSR count). The van der Waals surface area contributed by atoms with Gasteiger partial charge in [0.25, 0.3) is 0 Å². The van der Waals surface area contributed by atoms with Crippen LogP contribution < -0.4 is 34.3 Å². The molecule has 2 N–H and O–H groups in total. The number of aliphatic carboxylic acids is 1. The fourth-order valence-electron chi connectivity index (χ4n) is 1.66. The number of halogens is 1. The molecule has 0 amide bonds. The third-order valence-electron chi connectivity index (χ3n) is 2.64. The molecular weight excluding hydrogens is 406 g/mol. The molecule has 0 aromatic heterocycles. The van der Waals surface area contributed by atoms with Crippen molar-refractivity contribution >= 4 is 34.6 Å². The van der Waals surface area contributed by atoms with Gasteiger partial charge in [0.05, 0.1) is 3.57 Å². The maximum absolute atomic E-state index is 10.6. The van der Waals surface area contributed by atoms with Crippen molar-refractivity contribution in [3.63, 3.8) is 0 Å². The number of carboxylic acid groups (broad SMARTS) is 1. The summed E-state index contributed by atoms with van der Waals surface area (Å²) in [6.07, 6.45) is 2.69. The summed E-state index contributed by atoms with van der Waals surface area (Å²) in [7, 11) is 0. The van der Waals surface area contributed by atoms with Gasteiger partial charge < -0.3 is 15.3 Å². The van der Waals surface area contributed by atoms with E-state index in [0.717, 1.165) is 26.5 Å². The van der Waals surface area contributed by atoms with E-state index in [-0.39, 0.29) is 35.0 Å². The van der Waals surface area contributed by atoms with Gasteiger partial charge in [-0.2, -0.15) is 0 Å². The molecule has 2 aromatic rings. The van der Waals surface area contributed by atoms with E-state index in [1.807, 2.05) is 48.5 Å². The van der Waals surface area contributed by atoms with E-state index in [2.05, 4.69) is 22.6 Å². The predicted molar refractivity (Wildman–Crippen MR) is 88.5 cm³/mol. The summed E-state index contributed by atoms with van der Waals surface area (Å²) < 4.78 is 6.68. The molecule has 4 nitrogen and oxygen atoms in total. The van der Waals surface area contributed by atoms with Crippen LogP contribution in [0, 0.1) is 3.57 Å². The Morgan fingerprint density at radius 1 is 1.14 bits per heavy atom. The number of carboxylic acids is 1. The molecule has 0 aliphatic carbocycles. The molecule has 0 spiro atoms. The first-order valence-corrected chi connectivity index (χ1v) is 7.11. The Bertz CT molecular complexity index is 629. The largest absolute Gasteiger partial charge is 1.00 e. The number of benzene rings is 2. The van der Waals surface area contributed by atoms with Crippen LogP contribution in [0.3, 0.4) is 0 Å². The molecule has 2 aromatic carbocycles. The normalized spacial score (nSPS) is 9.68. The Morgan fingerprint density at radius 2 is 1.82 bits per heavy atom. The van der Waals surface area contributed by atoms with Crippen molar-refractivity contribution in [1.82, 2.24) is 0 Å². The maximum Gasteiger partial charge on any atom is 1.00 e. The molecule has 0 heterocycles. The average molecular weight is 420 g/mol. The summed E-state index contributed by atoms with van der Waals surface area (Å²) in [5.74, 6) is -0.210. The minimum Gasteiger partial charge on any atom is -0.870 e. The summed E-state index contributed by atoms with van der Waals surface area (Å²) in [6.45, 7) is 0.489. The van der Waals surface area contributed by atoms with Crippen LogP contribution in [-0.4, -0.2) is 16.6 Å². The summed E-state index contributed by atoms with van der Waals surface area (Å²) in [6, 6.07) is 15.5. The van der Waals surface area contributed by atoms with Gasteiger partial charge in [0.1, 0.15) is 12.4 Å². The van der Waals surface area contributed by atoms with Gasteiger partial charge in [-0.15, -0.1) is 0 Å². The molecule has 0 saturated heterocycles. The standard InChI is InChI=1S/C16H13IO3.Na.H2O/c17-16-13(9-10-15(18)19)7-4-8-14(16)20-11-12-5-2-1-3-6-12;;/h1-10H,11H2,(H,18,19);;1H2/q;+1;/p-1/b10-9+;;. The molecule has 0 radical (unpaired) electrons. The quantitative estimate of drug-likeness (QED) is 0.441. The van der Waals surface area contributed by atoms with Crippen LogP contribution in [-0.2, 0) is 11.4 Å². The number of rotatable bonds is 5. The van der Waals surface area contributed by atoms with Crippen molar-refractivity contribution < 1.29 is 49.7 Å². The first-order valence-electron chi connectivity index (χ1n) is 6.03. The Labute approximate surface area is 164 Å². The van der Waals surface area contributed by atoms with E-state index in [1.54, 1.807) is 6.08 Å². The molecular formula is C16H14INaO4. The summed E-state index contributed by atoms with van der Waals surface area (Å²) in [5, 5.41) is 8.67. The van der Waals surface area contributed by atoms with Crippen molar-refractivity contribution in [1.29, 1.82) is 0 Å². The zero-order valence-electron chi connectivity index (χ0n) is 12.1. The van der Waals surface area contributed by atoms with Crippen molar-refractivity contribution in [3.05, 3.63) is 69.3 Å². The number of hydrogen-bond donors (Lipinski definition) is 1. The molecule has 0 atom stereocenters. The molecule has 110 valence electrons. The third-order valence-corrected chi connectivity index (χ3v) is 3.79. The number of ether oxygens (including phenoxy) is 1. The fraction of sp³-hybridized carbons (Fsp3) is 0.0625. The van der Waals surface area contributed by atoms with Gasteiger partial charge in [0, 0.05) is 6.08 Å². The van der Waals surface area contributed by atoms with Gasteiger partial charge in [0.2, 0.25) is 0 Å². The smallest absolute Gasteiger partial charge is 0.870 e. The van der Waals surface area contributed by atoms with Gasteiger partial charge in [-0.05, 0) is 45.9 Å². The van der Waals surface area contributed by atoms with E-state index in [4.69, 9.17) is 9.84 Å². The van der Waals surface area contributed by atoms with Crippen LogP contribution in [0.1, 0.15) is 11.1 Å². The Balaban J connectivity index is 0.00000220. The van der Waals surface area contributed by atoms with E-state index in [1.165, 1.54) is 0 Å². The van der Waals surface area contributed by atoms with Crippen molar-refractivity contribution in [2.75, 3.05) is 0 Å². The molecule has 0 unspecified atom stereocenters. The minimum absolute atomic E-state index is 0. The second-order valence-corrected chi connectivity index (χ2v) is 5.18. The third kappa shape index (κ3) is 6.50. The molecule has 0 saturated carbocycles. The van der Waals surface area contributed by atoms with Gasteiger partial charge >= 0.3 is 35.5 Å². The predicted octanol–water partition coefficient (Wildman–Crippen LogP) is 0.795. The molecule has 6 heteroatoms. The second-order valence-electron chi connectivity index (χ2n) is 4.11. The first-order chi connectivity index (χ1) is 9.66. The first kappa shape index (κ1) is 21.1. The van der Waals surface area contributed by atoms with E-state index < -0.39 is 5.97 Å². The molecule has 22 heavy (non-hydrogen) atoms.